The molecule has 3 fully saturated rings. The van der Waals surface area contributed by atoms with Crippen molar-refractivity contribution in [3.63, 3.8) is 0 Å². The average molecular weight is 576 g/mol. The summed E-state index contributed by atoms with van der Waals surface area (Å²) >= 11 is 0. The Hall–Kier alpha value is -3.03. The van der Waals surface area contributed by atoms with Crippen molar-refractivity contribution in [1.82, 2.24) is 9.80 Å². The standard InChI is InChI=1S/C35H47FN4O2/c1-2-38-33(21-31(37)14-13-25-7-4-3-5-8-25)27-15-17-39(18-16-27)22-29-23-40(34(35(41)42)19-26-11-12-26)24-32(29)28-9-6-10-30(36)20-28/h3-10,20-21,26-27,29,32,34H,2,11-19,22-24,37H2,1H3,(H,41,42)/p+1/t29-,32+,34+/m0/s1. The number of carboxylic acids is 1. The molecule has 0 radical (unpaired) electrons. The molecule has 0 amide bonds. The summed E-state index contributed by atoms with van der Waals surface area (Å²) in [6.45, 7) is 7.33. The summed E-state index contributed by atoms with van der Waals surface area (Å²) in [4.78, 5) is 20.6. The van der Waals surface area contributed by atoms with Crippen LogP contribution in [0.2, 0.25) is 0 Å². The van der Waals surface area contributed by atoms with Gasteiger partial charge in [-0.25, -0.2) is 9.38 Å². The van der Waals surface area contributed by atoms with Crippen LogP contribution in [0.25, 0.3) is 0 Å². The normalized spacial score (nSPS) is 23.8. The Kier molecular flexibility index (Phi) is 10.5. The van der Waals surface area contributed by atoms with Crippen LogP contribution in [0.4, 0.5) is 4.39 Å². The number of rotatable bonds is 13. The summed E-state index contributed by atoms with van der Waals surface area (Å²) in [6, 6.07) is 17.0. The fourth-order valence-corrected chi connectivity index (χ4v) is 7.02. The number of nitrogens with one attached hydrogen (secondary N) is 1. The number of benzene rings is 2. The molecular formula is C35H48FN4O2+. The highest BCUT2D eigenvalue weighted by Gasteiger charge is 2.42. The first-order valence-electron chi connectivity index (χ1n) is 15.9. The minimum Gasteiger partial charge on any atom is -0.480 e. The van der Waals surface area contributed by atoms with Gasteiger partial charge in [0.2, 0.25) is 0 Å². The van der Waals surface area contributed by atoms with Gasteiger partial charge in [0.05, 0.1) is 0 Å². The molecule has 5 rings (SSSR count). The second-order valence-corrected chi connectivity index (χ2v) is 12.7. The average Bonchev–Trinajstić information content (AvgIpc) is 3.73. The smallest absolute Gasteiger partial charge is 0.320 e. The van der Waals surface area contributed by atoms with E-state index in [4.69, 9.17) is 5.73 Å². The number of nitrogens with zero attached hydrogens (tertiary/aromatic N) is 2. The van der Waals surface area contributed by atoms with Gasteiger partial charge in [0.25, 0.3) is 0 Å². The van der Waals surface area contributed by atoms with Gasteiger partial charge in [0, 0.05) is 43.2 Å². The Labute approximate surface area is 250 Å². The highest BCUT2D eigenvalue weighted by Crippen LogP contribution is 2.39. The SMILES string of the molecule is CC[NH+]=C(C=C(N)CCc1ccccc1)C1CCN(C[C@H]2CN([C@H](CC3CC3)C(=O)O)C[C@@H]2c2cccc(F)c2)CC1. The molecule has 3 aliphatic rings. The van der Waals surface area contributed by atoms with Crippen molar-refractivity contribution in [1.29, 1.82) is 0 Å². The van der Waals surface area contributed by atoms with Crippen molar-refractivity contribution in [2.75, 3.05) is 39.3 Å². The molecule has 2 aliphatic heterocycles. The Balaban J connectivity index is 1.21. The lowest BCUT2D eigenvalue weighted by Gasteiger charge is -2.34. The van der Waals surface area contributed by atoms with E-state index in [1.54, 1.807) is 12.1 Å². The molecule has 226 valence electrons. The second kappa shape index (κ2) is 14.4. The summed E-state index contributed by atoms with van der Waals surface area (Å²) in [5.74, 6) is 0.460. The fourth-order valence-electron chi connectivity index (χ4n) is 7.02. The third-order valence-corrected chi connectivity index (χ3v) is 9.51. The maximum Gasteiger partial charge on any atom is 0.320 e. The number of hydrogen-bond acceptors (Lipinski definition) is 4. The predicted molar refractivity (Wildman–Crippen MR) is 166 cm³/mol. The first-order valence-corrected chi connectivity index (χ1v) is 15.9. The van der Waals surface area contributed by atoms with E-state index in [1.165, 1.54) is 17.3 Å². The number of aryl methyl sites for hydroxylation is 1. The summed E-state index contributed by atoms with van der Waals surface area (Å²) < 4.78 is 14.2. The zero-order valence-electron chi connectivity index (χ0n) is 25.1. The molecule has 2 saturated heterocycles. The third kappa shape index (κ3) is 8.29. The van der Waals surface area contributed by atoms with Crippen LogP contribution in [0.15, 0.2) is 66.4 Å². The van der Waals surface area contributed by atoms with Crippen LogP contribution in [0.1, 0.15) is 62.5 Å². The lowest BCUT2D eigenvalue weighted by atomic mass is 9.86. The highest BCUT2D eigenvalue weighted by molar-refractivity contribution is 5.92. The van der Waals surface area contributed by atoms with Crippen molar-refractivity contribution in [3.05, 3.63) is 83.3 Å². The Morgan fingerprint density at radius 1 is 1.10 bits per heavy atom. The van der Waals surface area contributed by atoms with Gasteiger partial charge >= 0.3 is 5.97 Å². The Morgan fingerprint density at radius 3 is 2.52 bits per heavy atom. The Morgan fingerprint density at radius 2 is 1.86 bits per heavy atom. The highest BCUT2D eigenvalue weighted by atomic mass is 19.1. The first kappa shape index (κ1) is 30.4. The number of hydrogen-bond donors (Lipinski definition) is 3. The number of piperidine rings is 1. The van der Waals surface area contributed by atoms with Crippen LogP contribution >= 0.6 is 0 Å². The van der Waals surface area contributed by atoms with Gasteiger partial charge in [-0.15, -0.1) is 0 Å². The molecule has 2 aromatic carbocycles. The van der Waals surface area contributed by atoms with Gasteiger partial charge in [0.1, 0.15) is 18.4 Å². The van der Waals surface area contributed by atoms with E-state index >= 15 is 0 Å². The van der Waals surface area contributed by atoms with E-state index < -0.39 is 12.0 Å². The molecule has 0 spiro atoms. The predicted octanol–water partition coefficient (Wildman–Crippen LogP) is 3.82. The lowest BCUT2D eigenvalue weighted by Crippen LogP contribution is -2.73. The number of halogens is 1. The fraction of sp³-hybridized carbons (Fsp3) is 0.543. The maximum atomic E-state index is 14.2. The number of nitrogens with two attached hydrogens (primary N) is 1. The molecular weight excluding hydrogens is 527 g/mol. The van der Waals surface area contributed by atoms with Crippen molar-refractivity contribution in [2.24, 2.45) is 23.5 Å². The van der Waals surface area contributed by atoms with E-state index in [-0.39, 0.29) is 17.7 Å². The largest absolute Gasteiger partial charge is 0.480 e. The lowest BCUT2D eigenvalue weighted by molar-refractivity contribution is -0.454. The zero-order valence-corrected chi connectivity index (χ0v) is 25.1. The van der Waals surface area contributed by atoms with Crippen LogP contribution in [0.3, 0.4) is 0 Å². The monoisotopic (exact) mass is 575 g/mol. The van der Waals surface area contributed by atoms with Crippen molar-refractivity contribution < 1.29 is 19.3 Å². The molecule has 0 bridgehead atoms. The van der Waals surface area contributed by atoms with Gasteiger partial charge in [-0.05, 0) is 87.2 Å². The third-order valence-electron chi connectivity index (χ3n) is 9.51. The summed E-state index contributed by atoms with van der Waals surface area (Å²) in [7, 11) is 0. The quantitative estimate of drug-likeness (QED) is 0.317. The molecule has 1 saturated carbocycles. The minimum atomic E-state index is -0.719. The summed E-state index contributed by atoms with van der Waals surface area (Å²) in [5.41, 5.74) is 10.9. The number of carbonyl (C=O) groups is 1. The molecule has 42 heavy (non-hydrogen) atoms. The van der Waals surface area contributed by atoms with E-state index in [1.807, 2.05) is 12.1 Å². The van der Waals surface area contributed by atoms with Crippen LogP contribution in [0, 0.1) is 23.6 Å². The molecule has 3 atom stereocenters. The van der Waals surface area contributed by atoms with Crippen molar-refractivity contribution >= 4 is 11.7 Å². The molecule has 4 N–H and O–H groups in total. The molecule has 1 aliphatic carbocycles. The Bertz CT molecular complexity index is 1240. The van der Waals surface area contributed by atoms with E-state index in [9.17, 15) is 14.3 Å². The second-order valence-electron chi connectivity index (χ2n) is 12.7. The van der Waals surface area contributed by atoms with Crippen molar-refractivity contribution in [2.45, 2.75) is 63.8 Å². The molecule has 6 nitrogen and oxygen atoms in total. The van der Waals surface area contributed by atoms with Crippen LogP contribution < -0.4 is 10.7 Å². The van der Waals surface area contributed by atoms with E-state index in [0.717, 1.165) is 88.9 Å². The van der Waals surface area contributed by atoms with Crippen molar-refractivity contribution in [3.8, 4) is 0 Å². The van der Waals surface area contributed by atoms with Crippen LogP contribution in [0.5, 0.6) is 0 Å². The van der Waals surface area contributed by atoms with Gasteiger partial charge in [-0.3, -0.25) is 9.69 Å². The van der Waals surface area contributed by atoms with Crippen LogP contribution in [-0.4, -0.2) is 71.9 Å². The molecule has 2 heterocycles. The number of allylic oxidation sites excluding steroid dienone is 2. The number of likely N-dealkylation sites (tertiary alicyclic amines) is 2. The van der Waals surface area contributed by atoms with Crippen LogP contribution in [-0.2, 0) is 11.2 Å². The van der Waals surface area contributed by atoms with Gasteiger partial charge in [-0.2, -0.15) is 0 Å². The first-order chi connectivity index (χ1) is 20.4. The zero-order chi connectivity index (χ0) is 29.5. The molecule has 7 heteroatoms. The number of aliphatic carboxylic acids is 1. The maximum absolute atomic E-state index is 14.2. The van der Waals surface area contributed by atoms with E-state index in [2.05, 4.69) is 52.1 Å². The molecule has 0 unspecified atom stereocenters. The molecule has 0 aromatic heterocycles. The summed E-state index contributed by atoms with van der Waals surface area (Å²) in [6.07, 6.45) is 9.09. The van der Waals surface area contributed by atoms with E-state index in [0.29, 0.717) is 18.4 Å². The minimum absolute atomic E-state index is 0.135. The van der Waals surface area contributed by atoms with Gasteiger partial charge < -0.3 is 15.7 Å². The number of carboxylic acid groups (broad SMARTS) is 1. The van der Waals surface area contributed by atoms with Gasteiger partial charge in [-0.1, -0.05) is 55.3 Å². The van der Waals surface area contributed by atoms with Gasteiger partial charge in [0.15, 0.2) is 5.71 Å². The topological polar surface area (TPSA) is 83.8 Å². The summed E-state index contributed by atoms with van der Waals surface area (Å²) in [5, 5.41) is 10.1. The molecule has 2 aromatic rings.